The van der Waals surface area contributed by atoms with Crippen molar-refractivity contribution in [2.75, 3.05) is 0 Å². The molecular formula is C19H20O4. The van der Waals surface area contributed by atoms with Gasteiger partial charge in [0.15, 0.2) is 6.10 Å². The minimum atomic E-state index is -0.686. The van der Waals surface area contributed by atoms with E-state index in [-0.39, 0.29) is 0 Å². The lowest BCUT2D eigenvalue weighted by Crippen LogP contribution is -2.18. The van der Waals surface area contributed by atoms with Crippen molar-refractivity contribution >= 4 is 5.97 Å². The van der Waals surface area contributed by atoms with E-state index in [0.717, 1.165) is 12.0 Å². The van der Waals surface area contributed by atoms with Crippen molar-refractivity contribution in [2.24, 2.45) is 0 Å². The highest BCUT2D eigenvalue weighted by molar-refractivity contribution is 5.97. The van der Waals surface area contributed by atoms with Crippen molar-refractivity contribution in [3.63, 3.8) is 0 Å². The molecule has 0 saturated carbocycles. The number of carbonyl (C=O) groups is 1. The van der Waals surface area contributed by atoms with Gasteiger partial charge in [0, 0.05) is 5.56 Å². The fourth-order valence-corrected chi connectivity index (χ4v) is 2.83. The second-order valence-corrected chi connectivity index (χ2v) is 5.68. The van der Waals surface area contributed by atoms with Gasteiger partial charge in [-0.25, -0.2) is 4.79 Å². The Morgan fingerprint density at radius 1 is 1.17 bits per heavy atom. The summed E-state index contributed by atoms with van der Waals surface area (Å²) in [6.45, 7) is 2.37. The first-order chi connectivity index (χ1) is 11.2. The first-order valence-corrected chi connectivity index (χ1v) is 7.89. The maximum Gasteiger partial charge on any atom is 0.343 e. The third-order valence-electron chi connectivity index (χ3n) is 3.97. The van der Waals surface area contributed by atoms with E-state index < -0.39 is 18.2 Å². The molecule has 2 aromatic carbocycles. The highest BCUT2D eigenvalue weighted by Crippen LogP contribution is 2.39. The number of esters is 1. The SMILES string of the molecule is CCC[C@H](O)[C@H]1OC(=O)c2c(OCc3ccccc3)cccc21. The molecule has 3 rings (SSSR count). The summed E-state index contributed by atoms with van der Waals surface area (Å²) in [4.78, 5) is 12.2. The molecular weight excluding hydrogens is 292 g/mol. The molecule has 1 heterocycles. The van der Waals surface area contributed by atoms with Crippen LogP contribution in [0.5, 0.6) is 5.75 Å². The molecule has 2 atom stereocenters. The summed E-state index contributed by atoms with van der Waals surface area (Å²) < 4.78 is 11.2. The minimum absolute atomic E-state index is 0.382. The number of ether oxygens (including phenoxy) is 2. The van der Waals surface area contributed by atoms with Crippen molar-refractivity contribution in [2.45, 2.75) is 38.6 Å². The van der Waals surface area contributed by atoms with Gasteiger partial charge in [0.1, 0.15) is 17.9 Å². The van der Waals surface area contributed by atoms with E-state index >= 15 is 0 Å². The molecule has 0 spiro atoms. The Morgan fingerprint density at radius 3 is 2.70 bits per heavy atom. The zero-order chi connectivity index (χ0) is 16.2. The summed E-state index contributed by atoms with van der Waals surface area (Å²) in [5.41, 5.74) is 2.17. The second kappa shape index (κ2) is 6.84. The van der Waals surface area contributed by atoms with Gasteiger partial charge in [-0.2, -0.15) is 0 Å². The zero-order valence-corrected chi connectivity index (χ0v) is 13.1. The van der Waals surface area contributed by atoms with Crippen LogP contribution in [-0.4, -0.2) is 17.2 Å². The molecule has 0 fully saturated rings. The van der Waals surface area contributed by atoms with Crippen LogP contribution in [0, 0.1) is 0 Å². The third-order valence-corrected chi connectivity index (χ3v) is 3.97. The summed E-state index contributed by atoms with van der Waals surface area (Å²) in [5, 5.41) is 10.2. The summed E-state index contributed by atoms with van der Waals surface area (Å²) in [6, 6.07) is 15.2. The van der Waals surface area contributed by atoms with Gasteiger partial charge in [-0.15, -0.1) is 0 Å². The van der Waals surface area contributed by atoms with E-state index in [1.54, 1.807) is 6.07 Å². The molecule has 0 bridgehead atoms. The standard InChI is InChI=1S/C19H20O4/c1-2-7-15(20)18-14-10-6-11-16(17(14)19(21)23-18)22-12-13-8-4-3-5-9-13/h3-6,8-11,15,18,20H,2,7,12H2,1H3/t15-,18-/m0/s1. The zero-order valence-electron chi connectivity index (χ0n) is 13.1. The molecule has 1 aliphatic heterocycles. The molecule has 0 unspecified atom stereocenters. The summed E-state index contributed by atoms with van der Waals surface area (Å²) >= 11 is 0. The Balaban J connectivity index is 1.83. The lowest BCUT2D eigenvalue weighted by Gasteiger charge is -2.17. The highest BCUT2D eigenvalue weighted by Gasteiger charge is 2.37. The Labute approximate surface area is 135 Å². The molecule has 0 radical (unpaired) electrons. The van der Waals surface area contributed by atoms with E-state index in [4.69, 9.17) is 9.47 Å². The van der Waals surface area contributed by atoms with Gasteiger partial charge in [0.2, 0.25) is 0 Å². The quantitative estimate of drug-likeness (QED) is 0.827. The molecule has 4 nitrogen and oxygen atoms in total. The summed E-state index contributed by atoms with van der Waals surface area (Å²) in [5.74, 6) is 0.0753. The topological polar surface area (TPSA) is 55.8 Å². The Bertz CT molecular complexity index is 681. The minimum Gasteiger partial charge on any atom is -0.488 e. The largest absolute Gasteiger partial charge is 0.488 e. The van der Waals surface area contributed by atoms with E-state index in [9.17, 15) is 9.90 Å². The van der Waals surface area contributed by atoms with E-state index in [1.165, 1.54) is 0 Å². The van der Waals surface area contributed by atoms with Crippen LogP contribution < -0.4 is 4.74 Å². The van der Waals surface area contributed by atoms with Crippen LogP contribution >= 0.6 is 0 Å². The molecule has 1 aliphatic rings. The molecule has 2 aromatic rings. The number of aliphatic hydroxyl groups excluding tert-OH is 1. The second-order valence-electron chi connectivity index (χ2n) is 5.68. The molecule has 0 saturated heterocycles. The maximum atomic E-state index is 12.2. The van der Waals surface area contributed by atoms with Crippen LogP contribution in [-0.2, 0) is 11.3 Å². The maximum absolute atomic E-state index is 12.2. The number of hydrogen-bond acceptors (Lipinski definition) is 4. The average Bonchev–Trinajstić information content (AvgIpc) is 2.92. The first-order valence-electron chi connectivity index (χ1n) is 7.89. The van der Waals surface area contributed by atoms with E-state index in [0.29, 0.717) is 29.9 Å². The van der Waals surface area contributed by atoms with Crippen LogP contribution in [0.3, 0.4) is 0 Å². The fraction of sp³-hybridized carbons (Fsp3) is 0.316. The van der Waals surface area contributed by atoms with Gasteiger partial charge in [-0.05, 0) is 18.1 Å². The van der Waals surface area contributed by atoms with Crippen molar-refractivity contribution in [1.82, 2.24) is 0 Å². The van der Waals surface area contributed by atoms with Crippen LogP contribution in [0.25, 0.3) is 0 Å². The lowest BCUT2D eigenvalue weighted by atomic mass is 9.98. The summed E-state index contributed by atoms with van der Waals surface area (Å²) in [6.07, 6.45) is 0.133. The number of carbonyl (C=O) groups excluding carboxylic acids is 1. The highest BCUT2D eigenvalue weighted by atomic mass is 16.6. The molecule has 0 amide bonds. The van der Waals surface area contributed by atoms with Gasteiger partial charge in [-0.1, -0.05) is 55.8 Å². The number of rotatable bonds is 6. The molecule has 4 heteroatoms. The Kier molecular flexibility index (Phi) is 4.63. The monoisotopic (exact) mass is 312 g/mol. The Hall–Kier alpha value is -2.33. The van der Waals surface area contributed by atoms with Crippen molar-refractivity contribution in [3.8, 4) is 5.75 Å². The average molecular weight is 312 g/mol. The molecule has 0 aliphatic carbocycles. The number of fused-ring (bicyclic) bond motifs is 1. The molecule has 120 valence electrons. The van der Waals surface area contributed by atoms with Crippen LogP contribution in [0.15, 0.2) is 48.5 Å². The summed E-state index contributed by atoms with van der Waals surface area (Å²) in [7, 11) is 0. The number of hydrogen-bond donors (Lipinski definition) is 1. The van der Waals surface area contributed by atoms with Crippen molar-refractivity contribution < 1.29 is 19.4 Å². The normalized spacial score (nSPS) is 17.5. The molecule has 1 N–H and O–H groups in total. The predicted molar refractivity (Wildman–Crippen MR) is 86.3 cm³/mol. The smallest absolute Gasteiger partial charge is 0.343 e. The van der Waals surface area contributed by atoms with Gasteiger partial charge < -0.3 is 14.6 Å². The van der Waals surface area contributed by atoms with Crippen molar-refractivity contribution in [3.05, 3.63) is 65.2 Å². The van der Waals surface area contributed by atoms with E-state index in [1.807, 2.05) is 49.4 Å². The van der Waals surface area contributed by atoms with Crippen LogP contribution in [0.1, 0.15) is 47.4 Å². The molecule has 23 heavy (non-hydrogen) atoms. The van der Waals surface area contributed by atoms with Crippen LogP contribution in [0.2, 0.25) is 0 Å². The van der Waals surface area contributed by atoms with Gasteiger partial charge in [0.25, 0.3) is 0 Å². The number of benzene rings is 2. The Morgan fingerprint density at radius 2 is 1.96 bits per heavy atom. The van der Waals surface area contributed by atoms with Gasteiger partial charge in [0.05, 0.1) is 6.10 Å². The predicted octanol–water partition coefficient (Wildman–Crippen LogP) is 3.64. The number of aliphatic hydroxyl groups is 1. The van der Waals surface area contributed by atoms with E-state index in [2.05, 4.69) is 0 Å². The van der Waals surface area contributed by atoms with Crippen molar-refractivity contribution in [1.29, 1.82) is 0 Å². The van der Waals surface area contributed by atoms with Gasteiger partial charge >= 0.3 is 5.97 Å². The first kappa shape index (κ1) is 15.6. The fourth-order valence-electron chi connectivity index (χ4n) is 2.83. The number of cyclic esters (lactones) is 1. The third kappa shape index (κ3) is 3.22. The van der Waals surface area contributed by atoms with Gasteiger partial charge in [-0.3, -0.25) is 0 Å². The molecule has 0 aromatic heterocycles. The van der Waals surface area contributed by atoms with Crippen LogP contribution in [0.4, 0.5) is 0 Å². The lowest BCUT2D eigenvalue weighted by molar-refractivity contribution is -0.0123.